The Morgan fingerprint density at radius 1 is 0.972 bits per heavy atom. The largest absolute Gasteiger partial charge is 0.507 e. The summed E-state index contributed by atoms with van der Waals surface area (Å²) in [6, 6.07) is 20.6. The number of rotatable bonds is 5. The van der Waals surface area contributed by atoms with Crippen molar-refractivity contribution < 1.29 is 19.4 Å². The summed E-state index contributed by atoms with van der Waals surface area (Å²) in [6.07, 6.45) is 0.00523. The van der Waals surface area contributed by atoms with Crippen molar-refractivity contribution in [1.82, 2.24) is 0 Å². The minimum Gasteiger partial charge on any atom is -0.507 e. The lowest BCUT2D eigenvalue weighted by atomic mass is 9.87. The lowest BCUT2D eigenvalue weighted by molar-refractivity contribution is -0.132. The molecule has 1 N–H and O–H groups in total. The highest BCUT2D eigenvalue weighted by molar-refractivity contribution is 6.51. The van der Waals surface area contributed by atoms with Gasteiger partial charge in [-0.2, -0.15) is 0 Å². The van der Waals surface area contributed by atoms with Crippen molar-refractivity contribution >= 4 is 34.7 Å². The van der Waals surface area contributed by atoms with Gasteiger partial charge in [0.2, 0.25) is 0 Å². The van der Waals surface area contributed by atoms with E-state index >= 15 is 0 Å². The third-order valence-corrected chi connectivity index (χ3v) is 6.36. The fourth-order valence-electron chi connectivity index (χ4n) is 4.33. The number of aliphatic hydroxyl groups excluding tert-OH is 1. The molecule has 1 saturated heterocycles. The van der Waals surface area contributed by atoms with Crippen LogP contribution in [0.5, 0.6) is 5.75 Å². The summed E-state index contributed by atoms with van der Waals surface area (Å²) in [6.45, 7) is 10.2. The maximum absolute atomic E-state index is 13.4. The van der Waals surface area contributed by atoms with Crippen LogP contribution in [-0.4, -0.2) is 22.9 Å². The third kappa shape index (κ3) is 5.02. The summed E-state index contributed by atoms with van der Waals surface area (Å²) in [5.74, 6) is -1.04. The number of benzene rings is 3. The van der Waals surface area contributed by atoms with Crippen molar-refractivity contribution in [2.75, 3.05) is 4.90 Å². The van der Waals surface area contributed by atoms with Gasteiger partial charge in [0.05, 0.1) is 17.7 Å². The molecule has 1 aliphatic rings. The maximum Gasteiger partial charge on any atom is 0.300 e. The maximum atomic E-state index is 13.4. The fourth-order valence-corrected chi connectivity index (χ4v) is 4.52. The number of Topliss-reactive ketones (excluding diaryl/α,β-unsaturated/α-hetero) is 1. The predicted octanol–water partition coefficient (Wildman–Crippen LogP) is 7.05. The molecule has 1 heterocycles. The predicted molar refractivity (Wildman–Crippen MR) is 144 cm³/mol. The molecule has 1 amide bonds. The molecule has 0 bridgehead atoms. The Labute approximate surface area is 217 Å². The molecular formula is C30H30ClNO4. The molecule has 0 spiro atoms. The average Bonchev–Trinajstić information content (AvgIpc) is 3.08. The number of anilines is 1. The molecule has 4 rings (SSSR count). The first-order chi connectivity index (χ1) is 17.0. The molecule has 3 aromatic carbocycles. The number of ketones is 1. The van der Waals surface area contributed by atoms with Crippen LogP contribution in [0.4, 0.5) is 5.69 Å². The normalized spacial score (nSPS) is 17.6. The Kier molecular flexibility index (Phi) is 6.96. The van der Waals surface area contributed by atoms with E-state index in [2.05, 4.69) is 20.8 Å². The molecule has 1 atom stereocenters. The Morgan fingerprint density at radius 3 is 2.17 bits per heavy atom. The second kappa shape index (κ2) is 9.82. The molecule has 1 fully saturated rings. The zero-order valence-corrected chi connectivity index (χ0v) is 21.8. The van der Waals surface area contributed by atoms with Gasteiger partial charge in [-0.05, 0) is 66.8 Å². The van der Waals surface area contributed by atoms with Gasteiger partial charge < -0.3 is 9.84 Å². The van der Waals surface area contributed by atoms with E-state index in [1.54, 1.807) is 36.4 Å². The van der Waals surface area contributed by atoms with Crippen molar-refractivity contribution in [3.63, 3.8) is 0 Å². The van der Waals surface area contributed by atoms with Gasteiger partial charge in [0.25, 0.3) is 11.7 Å². The monoisotopic (exact) mass is 503 g/mol. The van der Waals surface area contributed by atoms with E-state index in [1.807, 2.05) is 50.2 Å². The molecule has 1 unspecified atom stereocenters. The first kappa shape index (κ1) is 25.5. The average molecular weight is 504 g/mol. The summed E-state index contributed by atoms with van der Waals surface area (Å²) < 4.78 is 5.76. The third-order valence-electron chi connectivity index (χ3n) is 6.12. The zero-order valence-electron chi connectivity index (χ0n) is 21.1. The van der Waals surface area contributed by atoms with E-state index in [9.17, 15) is 14.7 Å². The van der Waals surface area contributed by atoms with Gasteiger partial charge in [-0.25, -0.2) is 0 Å². The lowest BCUT2D eigenvalue weighted by Crippen LogP contribution is -2.29. The van der Waals surface area contributed by atoms with Crippen molar-refractivity contribution in [2.24, 2.45) is 0 Å². The fraction of sp³-hybridized carbons (Fsp3) is 0.267. The van der Waals surface area contributed by atoms with Crippen LogP contribution in [0.15, 0.2) is 78.4 Å². The van der Waals surface area contributed by atoms with E-state index in [0.29, 0.717) is 27.6 Å². The van der Waals surface area contributed by atoms with Gasteiger partial charge in [0, 0.05) is 16.3 Å². The lowest BCUT2D eigenvalue weighted by Gasteiger charge is -2.27. The zero-order chi connectivity index (χ0) is 26.2. The SMILES string of the molecule is CC(C)Oc1ccc(C2/C(=C(\O)c3cccc(Cl)c3)C(=O)C(=O)N2c2ccc(C(C)(C)C)cc2)cc1. The molecule has 3 aromatic rings. The Balaban J connectivity index is 1.88. The number of ether oxygens (including phenoxy) is 1. The molecule has 0 aromatic heterocycles. The van der Waals surface area contributed by atoms with E-state index in [-0.39, 0.29) is 22.9 Å². The van der Waals surface area contributed by atoms with Crippen molar-refractivity contribution in [1.29, 1.82) is 0 Å². The van der Waals surface area contributed by atoms with Gasteiger partial charge in [0.1, 0.15) is 11.5 Å². The summed E-state index contributed by atoms with van der Waals surface area (Å²) in [5.41, 5.74) is 2.67. The van der Waals surface area contributed by atoms with Gasteiger partial charge >= 0.3 is 0 Å². The Bertz CT molecular complexity index is 1320. The van der Waals surface area contributed by atoms with Crippen LogP contribution in [0.25, 0.3) is 5.76 Å². The van der Waals surface area contributed by atoms with Gasteiger partial charge in [-0.3, -0.25) is 14.5 Å². The van der Waals surface area contributed by atoms with E-state index in [0.717, 1.165) is 5.56 Å². The molecule has 0 aliphatic carbocycles. The van der Waals surface area contributed by atoms with Crippen molar-refractivity contribution in [3.05, 3.63) is 100 Å². The molecule has 0 saturated carbocycles. The highest BCUT2D eigenvalue weighted by Gasteiger charge is 2.47. The number of aliphatic hydroxyl groups is 1. The number of hydrogen-bond donors (Lipinski definition) is 1. The van der Waals surface area contributed by atoms with Crippen LogP contribution < -0.4 is 9.64 Å². The molecule has 0 radical (unpaired) electrons. The molecule has 1 aliphatic heterocycles. The highest BCUT2D eigenvalue weighted by atomic mass is 35.5. The molecule has 186 valence electrons. The van der Waals surface area contributed by atoms with E-state index in [4.69, 9.17) is 16.3 Å². The summed E-state index contributed by atoms with van der Waals surface area (Å²) >= 11 is 6.14. The van der Waals surface area contributed by atoms with Gasteiger partial charge in [-0.15, -0.1) is 0 Å². The van der Waals surface area contributed by atoms with Crippen molar-refractivity contribution in [3.8, 4) is 5.75 Å². The number of halogens is 1. The quantitative estimate of drug-likeness (QED) is 0.230. The van der Waals surface area contributed by atoms with E-state index < -0.39 is 17.7 Å². The highest BCUT2D eigenvalue weighted by Crippen LogP contribution is 2.43. The van der Waals surface area contributed by atoms with Gasteiger partial charge in [0.15, 0.2) is 0 Å². The number of carbonyl (C=O) groups excluding carboxylic acids is 2. The summed E-state index contributed by atoms with van der Waals surface area (Å²) in [7, 11) is 0. The second-order valence-corrected chi connectivity index (χ2v) is 10.6. The Morgan fingerprint density at radius 2 is 1.61 bits per heavy atom. The topological polar surface area (TPSA) is 66.8 Å². The van der Waals surface area contributed by atoms with Crippen LogP contribution in [-0.2, 0) is 15.0 Å². The smallest absolute Gasteiger partial charge is 0.300 e. The van der Waals surface area contributed by atoms with E-state index in [1.165, 1.54) is 4.90 Å². The molecule has 36 heavy (non-hydrogen) atoms. The molecular weight excluding hydrogens is 474 g/mol. The molecule has 5 nitrogen and oxygen atoms in total. The first-order valence-corrected chi connectivity index (χ1v) is 12.3. The standard InChI is InChI=1S/C30H30ClNO4/c1-18(2)36-24-15-9-19(10-16-24)26-25(27(33)20-7-6-8-22(31)17-20)28(34)29(35)32(26)23-13-11-21(12-14-23)30(3,4)5/h6-18,26,33H,1-5H3/b27-25+. The summed E-state index contributed by atoms with van der Waals surface area (Å²) in [4.78, 5) is 28.2. The summed E-state index contributed by atoms with van der Waals surface area (Å²) in [5, 5.41) is 11.7. The van der Waals surface area contributed by atoms with Crippen LogP contribution in [0.3, 0.4) is 0 Å². The number of carbonyl (C=O) groups is 2. The minimum atomic E-state index is -0.822. The molecule has 6 heteroatoms. The Hall–Kier alpha value is -3.57. The van der Waals surface area contributed by atoms with Crippen LogP contribution in [0, 0.1) is 0 Å². The van der Waals surface area contributed by atoms with Crippen LogP contribution >= 0.6 is 11.6 Å². The minimum absolute atomic E-state index is 0.00523. The van der Waals surface area contributed by atoms with Crippen LogP contribution in [0.2, 0.25) is 5.02 Å². The van der Waals surface area contributed by atoms with Gasteiger partial charge in [-0.1, -0.05) is 68.8 Å². The number of nitrogens with zero attached hydrogens (tertiary/aromatic N) is 1. The van der Waals surface area contributed by atoms with Crippen molar-refractivity contribution in [2.45, 2.75) is 52.2 Å². The number of hydrogen-bond acceptors (Lipinski definition) is 4. The first-order valence-electron chi connectivity index (χ1n) is 11.9. The van der Waals surface area contributed by atoms with Crippen LogP contribution in [0.1, 0.15) is 57.4 Å². The second-order valence-electron chi connectivity index (χ2n) is 10.2. The number of amides is 1.